The summed E-state index contributed by atoms with van der Waals surface area (Å²) in [6, 6.07) is 11.2. The number of benzene rings is 1. The molecule has 0 radical (unpaired) electrons. The summed E-state index contributed by atoms with van der Waals surface area (Å²) in [5.74, 6) is 0. The molecule has 1 aliphatic rings. The Labute approximate surface area is 139 Å². The zero-order valence-electron chi connectivity index (χ0n) is 14.5. The normalized spacial score (nSPS) is 15.9. The van der Waals surface area contributed by atoms with E-state index in [0.29, 0.717) is 6.04 Å². The van der Waals surface area contributed by atoms with Crippen molar-refractivity contribution >= 4 is 5.57 Å². The van der Waals surface area contributed by atoms with Crippen molar-refractivity contribution < 1.29 is 0 Å². The lowest BCUT2D eigenvalue weighted by Gasteiger charge is -2.26. The van der Waals surface area contributed by atoms with Gasteiger partial charge in [-0.3, -0.25) is 9.58 Å². The van der Waals surface area contributed by atoms with E-state index in [4.69, 9.17) is 5.10 Å². The fourth-order valence-electron chi connectivity index (χ4n) is 3.14. The molecule has 0 saturated heterocycles. The molecule has 0 N–H and O–H groups in total. The minimum Gasteiger partial charge on any atom is -0.293 e. The summed E-state index contributed by atoms with van der Waals surface area (Å²) in [4.78, 5) is 2.50. The number of aryl methyl sites for hydroxylation is 1. The van der Waals surface area contributed by atoms with Crippen LogP contribution in [0.2, 0.25) is 0 Å². The van der Waals surface area contributed by atoms with Gasteiger partial charge >= 0.3 is 0 Å². The lowest BCUT2D eigenvalue weighted by Crippen LogP contribution is -2.28. The van der Waals surface area contributed by atoms with Gasteiger partial charge in [-0.2, -0.15) is 5.10 Å². The molecular formula is C20H27N3. The minimum absolute atomic E-state index is 0.431. The molecule has 0 unspecified atom stereocenters. The van der Waals surface area contributed by atoms with Gasteiger partial charge in [0.05, 0.1) is 5.69 Å². The van der Waals surface area contributed by atoms with Gasteiger partial charge < -0.3 is 0 Å². The molecule has 0 spiro atoms. The van der Waals surface area contributed by atoms with Crippen LogP contribution in [-0.4, -0.2) is 27.8 Å². The average molecular weight is 309 g/mol. The van der Waals surface area contributed by atoms with Crippen LogP contribution in [0.4, 0.5) is 0 Å². The molecule has 2 aromatic rings. The summed E-state index contributed by atoms with van der Waals surface area (Å²) in [5, 5.41) is 4.81. The third-order valence-electron chi connectivity index (χ3n) is 4.62. The molecule has 0 amide bonds. The van der Waals surface area contributed by atoms with Gasteiger partial charge in [0.25, 0.3) is 0 Å². The van der Waals surface area contributed by atoms with Crippen LogP contribution in [0, 0.1) is 0 Å². The molecule has 3 heteroatoms. The topological polar surface area (TPSA) is 21.1 Å². The SMILES string of the molecule is CCc1cn(C(C)C)nc1CN1CC=C(c2ccccc2)CC1. The maximum absolute atomic E-state index is 4.81. The zero-order chi connectivity index (χ0) is 16.2. The van der Waals surface area contributed by atoms with Crippen molar-refractivity contribution in [2.45, 2.75) is 46.2 Å². The van der Waals surface area contributed by atoms with Crippen molar-refractivity contribution in [1.29, 1.82) is 0 Å². The first kappa shape index (κ1) is 16.0. The third-order valence-corrected chi connectivity index (χ3v) is 4.62. The third kappa shape index (κ3) is 3.73. The van der Waals surface area contributed by atoms with E-state index in [0.717, 1.165) is 32.5 Å². The first-order valence-electron chi connectivity index (χ1n) is 8.71. The number of hydrogen-bond acceptors (Lipinski definition) is 2. The van der Waals surface area contributed by atoms with E-state index >= 15 is 0 Å². The predicted octanol–water partition coefficient (Wildman–Crippen LogP) is 4.32. The van der Waals surface area contributed by atoms with Gasteiger partial charge in [-0.05, 0) is 43.4 Å². The van der Waals surface area contributed by atoms with Gasteiger partial charge in [-0.25, -0.2) is 0 Å². The molecule has 122 valence electrons. The smallest absolute Gasteiger partial charge is 0.0796 e. The lowest BCUT2D eigenvalue weighted by molar-refractivity contribution is 0.288. The van der Waals surface area contributed by atoms with E-state index in [1.165, 1.54) is 22.4 Å². The molecule has 0 fully saturated rings. The predicted molar refractivity (Wildman–Crippen MR) is 96.3 cm³/mol. The molecule has 1 aromatic carbocycles. The van der Waals surface area contributed by atoms with Crippen LogP contribution >= 0.6 is 0 Å². The van der Waals surface area contributed by atoms with Gasteiger partial charge in [-0.15, -0.1) is 0 Å². The second-order valence-corrected chi connectivity index (χ2v) is 6.61. The number of hydrogen-bond donors (Lipinski definition) is 0. The van der Waals surface area contributed by atoms with Crippen molar-refractivity contribution in [1.82, 2.24) is 14.7 Å². The maximum Gasteiger partial charge on any atom is 0.0796 e. The van der Waals surface area contributed by atoms with E-state index in [2.05, 4.69) is 73.0 Å². The highest BCUT2D eigenvalue weighted by molar-refractivity contribution is 5.66. The van der Waals surface area contributed by atoms with Gasteiger partial charge in [-0.1, -0.05) is 43.3 Å². The zero-order valence-corrected chi connectivity index (χ0v) is 14.5. The summed E-state index contributed by atoms with van der Waals surface area (Å²) in [5.41, 5.74) is 5.48. The summed E-state index contributed by atoms with van der Waals surface area (Å²) >= 11 is 0. The van der Waals surface area contributed by atoms with Gasteiger partial charge in [0.2, 0.25) is 0 Å². The van der Waals surface area contributed by atoms with E-state index < -0.39 is 0 Å². The fraction of sp³-hybridized carbons (Fsp3) is 0.450. The molecular weight excluding hydrogens is 282 g/mol. The van der Waals surface area contributed by atoms with Crippen molar-refractivity contribution in [3.05, 3.63) is 59.4 Å². The van der Waals surface area contributed by atoms with Gasteiger partial charge in [0.1, 0.15) is 0 Å². The van der Waals surface area contributed by atoms with E-state index in [1.807, 2.05) is 0 Å². The highest BCUT2D eigenvalue weighted by Gasteiger charge is 2.17. The standard InChI is InChI=1S/C20H27N3/c1-4-17-14-23(16(2)3)21-20(17)15-22-12-10-19(11-13-22)18-8-6-5-7-9-18/h5-10,14,16H,4,11-13,15H2,1-3H3. The Morgan fingerprint density at radius 3 is 2.57 bits per heavy atom. The van der Waals surface area contributed by atoms with Crippen LogP contribution in [-0.2, 0) is 13.0 Å². The molecule has 3 nitrogen and oxygen atoms in total. The molecule has 0 atom stereocenters. The Bertz CT molecular complexity index is 667. The van der Waals surface area contributed by atoms with E-state index in [9.17, 15) is 0 Å². The molecule has 0 aliphatic carbocycles. The Balaban J connectivity index is 1.68. The Morgan fingerprint density at radius 2 is 1.96 bits per heavy atom. The summed E-state index contributed by atoms with van der Waals surface area (Å²) in [7, 11) is 0. The van der Waals surface area contributed by atoms with Crippen LogP contribution < -0.4 is 0 Å². The monoisotopic (exact) mass is 309 g/mol. The van der Waals surface area contributed by atoms with Crippen molar-refractivity contribution in [3.63, 3.8) is 0 Å². The molecule has 1 aliphatic heterocycles. The highest BCUT2D eigenvalue weighted by Crippen LogP contribution is 2.23. The first-order chi connectivity index (χ1) is 11.2. The van der Waals surface area contributed by atoms with Crippen molar-refractivity contribution in [2.75, 3.05) is 13.1 Å². The van der Waals surface area contributed by atoms with E-state index in [1.54, 1.807) is 0 Å². The number of aromatic nitrogens is 2. The molecule has 0 bridgehead atoms. The second-order valence-electron chi connectivity index (χ2n) is 6.61. The van der Waals surface area contributed by atoms with Crippen LogP contribution in [0.3, 0.4) is 0 Å². The summed E-state index contributed by atoms with van der Waals surface area (Å²) < 4.78 is 2.10. The molecule has 23 heavy (non-hydrogen) atoms. The largest absolute Gasteiger partial charge is 0.293 e. The number of rotatable bonds is 5. The minimum atomic E-state index is 0.431. The number of nitrogens with zero attached hydrogens (tertiary/aromatic N) is 3. The Kier molecular flexibility index (Phi) is 4.97. The second kappa shape index (κ2) is 7.14. The van der Waals surface area contributed by atoms with E-state index in [-0.39, 0.29) is 0 Å². The quantitative estimate of drug-likeness (QED) is 0.820. The summed E-state index contributed by atoms with van der Waals surface area (Å²) in [6.45, 7) is 9.68. The summed E-state index contributed by atoms with van der Waals surface area (Å²) in [6.07, 6.45) is 6.77. The van der Waals surface area contributed by atoms with Crippen molar-refractivity contribution in [3.8, 4) is 0 Å². The van der Waals surface area contributed by atoms with Gasteiger partial charge in [0.15, 0.2) is 0 Å². The molecule has 1 aromatic heterocycles. The average Bonchev–Trinajstić information content (AvgIpc) is 2.99. The molecule has 0 saturated carbocycles. The van der Waals surface area contributed by atoms with Crippen LogP contribution in [0.1, 0.15) is 50.1 Å². The Hall–Kier alpha value is -1.87. The van der Waals surface area contributed by atoms with Crippen LogP contribution in [0.5, 0.6) is 0 Å². The first-order valence-corrected chi connectivity index (χ1v) is 8.71. The molecule has 2 heterocycles. The van der Waals surface area contributed by atoms with Crippen LogP contribution in [0.25, 0.3) is 5.57 Å². The Morgan fingerprint density at radius 1 is 1.17 bits per heavy atom. The lowest BCUT2D eigenvalue weighted by atomic mass is 9.99. The highest BCUT2D eigenvalue weighted by atomic mass is 15.3. The van der Waals surface area contributed by atoms with Crippen molar-refractivity contribution in [2.24, 2.45) is 0 Å². The molecule has 3 rings (SSSR count). The van der Waals surface area contributed by atoms with Gasteiger partial charge in [0, 0.05) is 31.9 Å². The van der Waals surface area contributed by atoms with Crippen LogP contribution in [0.15, 0.2) is 42.6 Å². The maximum atomic E-state index is 4.81. The fourth-order valence-corrected chi connectivity index (χ4v) is 3.14.